The lowest BCUT2D eigenvalue weighted by atomic mass is 10.1. The standard InChI is InChI=1S/C16H24N2O6S/c1-16(2,3)24-15(19)17-12(9-25(20,21)18(4)5)11-6-7-13-14(8-11)23-10-22-13/h6-8,12H,9-10H2,1-5H3,(H,17,19). The number of ether oxygens (including phenoxy) is 3. The molecule has 0 radical (unpaired) electrons. The molecule has 0 fully saturated rings. The second-order valence-corrected chi connectivity index (χ2v) is 9.10. The summed E-state index contributed by atoms with van der Waals surface area (Å²) in [5, 5.41) is 2.63. The molecule has 1 heterocycles. The fourth-order valence-electron chi connectivity index (χ4n) is 2.16. The predicted molar refractivity (Wildman–Crippen MR) is 92.1 cm³/mol. The van der Waals surface area contributed by atoms with Crippen LogP contribution in [-0.2, 0) is 14.8 Å². The molecule has 1 aliphatic rings. The van der Waals surface area contributed by atoms with Gasteiger partial charge in [0.15, 0.2) is 11.5 Å². The Bertz CT molecular complexity index is 739. The number of benzene rings is 1. The van der Waals surface area contributed by atoms with Crippen molar-refractivity contribution in [3.8, 4) is 11.5 Å². The summed E-state index contributed by atoms with van der Waals surface area (Å²) in [7, 11) is -0.670. The maximum Gasteiger partial charge on any atom is 0.408 e. The number of fused-ring (bicyclic) bond motifs is 1. The summed E-state index contributed by atoms with van der Waals surface area (Å²) in [5.74, 6) is 0.782. The largest absolute Gasteiger partial charge is 0.454 e. The Labute approximate surface area is 148 Å². The Morgan fingerprint density at radius 3 is 2.52 bits per heavy atom. The lowest BCUT2D eigenvalue weighted by molar-refractivity contribution is 0.0508. The molecular formula is C16H24N2O6S. The van der Waals surface area contributed by atoms with Crippen molar-refractivity contribution >= 4 is 16.1 Å². The highest BCUT2D eigenvalue weighted by atomic mass is 32.2. The van der Waals surface area contributed by atoms with Gasteiger partial charge in [-0.25, -0.2) is 17.5 Å². The molecule has 0 bridgehead atoms. The average molecular weight is 372 g/mol. The van der Waals surface area contributed by atoms with Crippen molar-refractivity contribution in [2.75, 3.05) is 26.6 Å². The van der Waals surface area contributed by atoms with Gasteiger partial charge in [0.2, 0.25) is 16.8 Å². The molecule has 1 aromatic carbocycles. The summed E-state index contributed by atoms with van der Waals surface area (Å²) in [6.45, 7) is 5.31. The van der Waals surface area contributed by atoms with Crippen LogP contribution >= 0.6 is 0 Å². The van der Waals surface area contributed by atoms with Gasteiger partial charge in [0.1, 0.15) is 5.60 Å². The van der Waals surface area contributed by atoms with Crippen LogP contribution in [0.25, 0.3) is 0 Å². The third kappa shape index (κ3) is 5.23. The van der Waals surface area contributed by atoms with Crippen LogP contribution in [0.4, 0.5) is 4.79 Å². The van der Waals surface area contributed by atoms with Gasteiger partial charge in [-0.15, -0.1) is 0 Å². The summed E-state index contributed by atoms with van der Waals surface area (Å²) < 4.78 is 41.5. The first kappa shape index (κ1) is 19.3. The van der Waals surface area contributed by atoms with Crippen molar-refractivity contribution in [2.24, 2.45) is 0 Å². The minimum Gasteiger partial charge on any atom is -0.454 e. The first-order chi connectivity index (χ1) is 11.5. The molecule has 0 saturated heterocycles. The van der Waals surface area contributed by atoms with Crippen molar-refractivity contribution in [2.45, 2.75) is 32.4 Å². The van der Waals surface area contributed by atoms with E-state index in [9.17, 15) is 13.2 Å². The quantitative estimate of drug-likeness (QED) is 0.848. The van der Waals surface area contributed by atoms with Gasteiger partial charge < -0.3 is 19.5 Å². The molecule has 140 valence electrons. The maximum absolute atomic E-state index is 12.3. The summed E-state index contributed by atoms with van der Waals surface area (Å²) in [5.41, 5.74) is -0.107. The number of rotatable bonds is 5. The first-order valence-electron chi connectivity index (χ1n) is 7.77. The fourth-order valence-corrected chi connectivity index (χ4v) is 3.16. The van der Waals surface area contributed by atoms with Gasteiger partial charge in [-0.3, -0.25) is 0 Å². The lowest BCUT2D eigenvalue weighted by Gasteiger charge is -2.25. The highest BCUT2D eigenvalue weighted by Crippen LogP contribution is 2.34. The van der Waals surface area contributed by atoms with Gasteiger partial charge in [0, 0.05) is 14.1 Å². The number of nitrogens with one attached hydrogen (secondary N) is 1. The van der Waals surface area contributed by atoms with E-state index in [2.05, 4.69) is 5.32 Å². The van der Waals surface area contributed by atoms with E-state index in [0.717, 1.165) is 4.31 Å². The van der Waals surface area contributed by atoms with E-state index in [0.29, 0.717) is 17.1 Å². The van der Waals surface area contributed by atoms with E-state index in [4.69, 9.17) is 14.2 Å². The molecule has 8 nitrogen and oxygen atoms in total. The number of hydrogen-bond acceptors (Lipinski definition) is 6. The monoisotopic (exact) mass is 372 g/mol. The Morgan fingerprint density at radius 1 is 1.28 bits per heavy atom. The van der Waals surface area contributed by atoms with Gasteiger partial charge in [0.05, 0.1) is 11.8 Å². The molecule has 0 saturated carbocycles. The molecular weight excluding hydrogens is 348 g/mol. The van der Waals surface area contributed by atoms with Crippen molar-refractivity contribution < 1.29 is 27.4 Å². The van der Waals surface area contributed by atoms with Crippen LogP contribution in [0.2, 0.25) is 0 Å². The number of amides is 1. The molecule has 1 aliphatic heterocycles. The van der Waals surface area contributed by atoms with Crippen molar-refractivity contribution in [1.82, 2.24) is 9.62 Å². The minimum atomic E-state index is -3.56. The van der Waals surface area contributed by atoms with Crippen molar-refractivity contribution in [1.29, 1.82) is 0 Å². The van der Waals surface area contributed by atoms with Gasteiger partial charge >= 0.3 is 6.09 Å². The van der Waals surface area contributed by atoms with Crippen LogP contribution in [0.3, 0.4) is 0 Å². The second kappa shape index (κ2) is 7.09. The SMILES string of the molecule is CN(C)S(=O)(=O)CC(NC(=O)OC(C)(C)C)c1ccc2c(c1)OCO2. The van der Waals surface area contributed by atoms with Crippen LogP contribution in [0.5, 0.6) is 11.5 Å². The predicted octanol–water partition coefficient (Wildman–Crippen LogP) is 1.87. The molecule has 25 heavy (non-hydrogen) atoms. The number of hydrogen-bond donors (Lipinski definition) is 1. The van der Waals surface area contributed by atoms with Crippen LogP contribution in [0.15, 0.2) is 18.2 Å². The number of sulfonamides is 1. The highest BCUT2D eigenvalue weighted by Gasteiger charge is 2.28. The van der Waals surface area contributed by atoms with Crippen molar-refractivity contribution in [3.05, 3.63) is 23.8 Å². The summed E-state index contributed by atoms with van der Waals surface area (Å²) in [4.78, 5) is 12.1. The van der Waals surface area contributed by atoms with E-state index in [1.165, 1.54) is 14.1 Å². The second-order valence-electron chi connectivity index (χ2n) is 6.87. The molecule has 0 aromatic heterocycles. The molecule has 1 atom stereocenters. The average Bonchev–Trinajstić information content (AvgIpc) is 2.91. The molecule has 2 rings (SSSR count). The molecule has 9 heteroatoms. The Hall–Kier alpha value is -2.00. The first-order valence-corrected chi connectivity index (χ1v) is 9.38. The smallest absolute Gasteiger partial charge is 0.408 e. The van der Waals surface area contributed by atoms with Gasteiger partial charge in [-0.1, -0.05) is 6.07 Å². The lowest BCUT2D eigenvalue weighted by Crippen LogP contribution is -2.39. The Balaban J connectivity index is 2.27. The van der Waals surface area contributed by atoms with Gasteiger partial charge in [-0.2, -0.15) is 0 Å². The van der Waals surface area contributed by atoms with E-state index < -0.39 is 27.8 Å². The summed E-state index contributed by atoms with van der Waals surface area (Å²) in [6, 6.07) is 4.25. The third-order valence-corrected chi connectivity index (χ3v) is 5.29. The summed E-state index contributed by atoms with van der Waals surface area (Å²) >= 11 is 0. The van der Waals surface area contributed by atoms with E-state index in [1.54, 1.807) is 39.0 Å². The van der Waals surface area contributed by atoms with Crippen LogP contribution in [0.1, 0.15) is 32.4 Å². The van der Waals surface area contributed by atoms with Gasteiger partial charge in [-0.05, 0) is 38.5 Å². The molecule has 1 N–H and O–H groups in total. The molecule has 0 spiro atoms. The molecule has 1 unspecified atom stereocenters. The number of carbonyl (C=O) groups is 1. The zero-order valence-corrected chi connectivity index (χ0v) is 15.8. The van der Waals surface area contributed by atoms with Crippen LogP contribution in [-0.4, -0.2) is 51.1 Å². The molecule has 0 aliphatic carbocycles. The number of alkyl carbamates (subject to hydrolysis) is 1. The van der Waals surface area contributed by atoms with Crippen LogP contribution < -0.4 is 14.8 Å². The highest BCUT2D eigenvalue weighted by molar-refractivity contribution is 7.89. The number of carbonyl (C=O) groups excluding carboxylic acids is 1. The normalized spacial score (nSPS) is 15.1. The van der Waals surface area contributed by atoms with E-state index in [-0.39, 0.29) is 12.5 Å². The summed E-state index contributed by atoms with van der Waals surface area (Å²) in [6.07, 6.45) is -0.691. The van der Waals surface area contributed by atoms with E-state index >= 15 is 0 Å². The van der Waals surface area contributed by atoms with Crippen LogP contribution in [0, 0.1) is 0 Å². The topological polar surface area (TPSA) is 94.2 Å². The van der Waals surface area contributed by atoms with Gasteiger partial charge in [0.25, 0.3) is 0 Å². The maximum atomic E-state index is 12.3. The Morgan fingerprint density at radius 2 is 1.92 bits per heavy atom. The third-order valence-electron chi connectivity index (χ3n) is 3.42. The zero-order chi connectivity index (χ0) is 18.8. The molecule has 1 amide bonds. The van der Waals surface area contributed by atoms with E-state index in [1.807, 2.05) is 0 Å². The zero-order valence-electron chi connectivity index (χ0n) is 15.0. The molecule has 1 aromatic rings. The Kier molecular flexibility index (Phi) is 5.48. The number of nitrogens with zero attached hydrogens (tertiary/aromatic N) is 1. The van der Waals surface area contributed by atoms with Crippen molar-refractivity contribution in [3.63, 3.8) is 0 Å². The minimum absolute atomic E-state index is 0.110. The fraction of sp³-hybridized carbons (Fsp3) is 0.562.